The number of hydrogen-bond acceptors (Lipinski definition) is 9. The van der Waals surface area contributed by atoms with Gasteiger partial charge >= 0.3 is 5.97 Å². The zero-order valence-corrected chi connectivity index (χ0v) is 33.5. The Morgan fingerprint density at radius 3 is 2.15 bits per heavy atom. The van der Waals surface area contributed by atoms with Crippen molar-refractivity contribution in [2.45, 2.75) is 135 Å². The first-order valence-electron chi connectivity index (χ1n) is 18.9. The van der Waals surface area contributed by atoms with Crippen LogP contribution in [-0.2, 0) is 38.2 Å². The van der Waals surface area contributed by atoms with Crippen LogP contribution in [0.3, 0.4) is 0 Å². The Morgan fingerprint density at radius 1 is 1.00 bits per heavy atom. The fourth-order valence-electron chi connectivity index (χ4n) is 7.54. The number of amides is 4. The van der Waals surface area contributed by atoms with Crippen LogP contribution in [0, 0.1) is 23.7 Å². The molecule has 4 N–H and O–H groups in total. The number of carbonyl (C=O) groups is 5. The van der Waals surface area contributed by atoms with Crippen LogP contribution in [0.15, 0.2) is 24.3 Å². The third-order valence-electron chi connectivity index (χ3n) is 10.8. The average molecular weight is 734 g/mol. The molecule has 1 aliphatic carbocycles. The number of carbonyl (C=O) groups excluding carboxylic acids is 5. The molecule has 1 unspecified atom stereocenters. The Labute approximate surface area is 311 Å². The van der Waals surface area contributed by atoms with Crippen molar-refractivity contribution >= 4 is 29.6 Å². The molecule has 2 aliphatic rings. The number of nitrogens with two attached hydrogens (primary N) is 1. The number of likely N-dealkylation sites (tertiary alicyclic amines) is 1. The van der Waals surface area contributed by atoms with Gasteiger partial charge in [0.15, 0.2) is 0 Å². The normalized spacial score (nSPS) is 20.9. The molecule has 0 spiro atoms. The van der Waals surface area contributed by atoms with E-state index in [0.717, 1.165) is 25.7 Å². The lowest BCUT2D eigenvalue weighted by Gasteiger charge is -2.41. The molecule has 296 valence electrons. The largest absolute Gasteiger partial charge is 0.467 e. The number of allylic oxidation sites excluding steroid dienone is 4. The Bertz CT molecular complexity index is 1260. The van der Waals surface area contributed by atoms with Crippen LogP contribution in [0.2, 0.25) is 0 Å². The fourth-order valence-corrected chi connectivity index (χ4v) is 7.54. The molecule has 1 fully saturated rings. The first-order chi connectivity index (χ1) is 24.5. The molecule has 1 saturated heterocycles. The van der Waals surface area contributed by atoms with Gasteiger partial charge in [0.25, 0.3) is 0 Å². The molecule has 13 nitrogen and oxygen atoms in total. The Hall–Kier alpha value is -3.29. The van der Waals surface area contributed by atoms with Gasteiger partial charge < -0.3 is 40.4 Å². The van der Waals surface area contributed by atoms with Gasteiger partial charge in [-0.2, -0.15) is 0 Å². The molecule has 0 bridgehead atoms. The second-order valence-electron chi connectivity index (χ2n) is 15.3. The predicted molar refractivity (Wildman–Crippen MR) is 201 cm³/mol. The van der Waals surface area contributed by atoms with Crippen molar-refractivity contribution < 1.29 is 38.2 Å². The highest BCUT2D eigenvalue weighted by Crippen LogP contribution is 2.31. The lowest BCUT2D eigenvalue weighted by molar-refractivity contribution is -0.149. The average Bonchev–Trinajstić information content (AvgIpc) is 3.60. The molecule has 0 aromatic carbocycles. The number of ether oxygens (including phenoxy) is 3. The second kappa shape index (κ2) is 20.8. The van der Waals surface area contributed by atoms with Crippen LogP contribution in [0.1, 0.15) is 93.4 Å². The summed E-state index contributed by atoms with van der Waals surface area (Å²) in [6.45, 7) is 13.2. The van der Waals surface area contributed by atoms with Gasteiger partial charge in [-0.05, 0) is 57.3 Å². The summed E-state index contributed by atoms with van der Waals surface area (Å²) in [5.41, 5.74) is 4.87. The molecule has 52 heavy (non-hydrogen) atoms. The maximum Gasteiger partial charge on any atom is 0.328 e. The van der Waals surface area contributed by atoms with Gasteiger partial charge in [0.2, 0.25) is 23.6 Å². The number of rotatable bonds is 20. The monoisotopic (exact) mass is 733 g/mol. The minimum Gasteiger partial charge on any atom is -0.467 e. The van der Waals surface area contributed by atoms with E-state index in [1.165, 1.54) is 14.2 Å². The molecule has 0 radical (unpaired) electrons. The highest BCUT2D eigenvalue weighted by Gasteiger charge is 2.44. The van der Waals surface area contributed by atoms with E-state index in [4.69, 9.17) is 19.9 Å². The minimum absolute atomic E-state index is 0.00506. The van der Waals surface area contributed by atoms with E-state index in [-0.39, 0.29) is 47.9 Å². The van der Waals surface area contributed by atoms with Crippen LogP contribution >= 0.6 is 0 Å². The maximum absolute atomic E-state index is 14.2. The van der Waals surface area contributed by atoms with Crippen molar-refractivity contribution in [1.29, 1.82) is 0 Å². The minimum atomic E-state index is -1.17. The van der Waals surface area contributed by atoms with Crippen LogP contribution in [0.5, 0.6) is 0 Å². The Morgan fingerprint density at radius 2 is 1.65 bits per heavy atom. The molecule has 8 atom stereocenters. The number of nitrogens with one attached hydrogen (secondary N) is 2. The van der Waals surface area contributed by atoms with Crippen molar-refractivity contribution in [2.24, 2.45) is 29.4 Å². The molecule has 0 aromatic rings. The SMILES string of the molecule is CCC(CC)[C@@H]([C@@H](CC(=O)N1CCC[C@H]1[C@H](OC)[C@@H](C)C(=O)N[C@@H](CC1C=CC=CC1)C(=O)OC)OC)N(C)C(=O)[C@@H](NC(=O)C(C)(C)N)C(C)C. The van der Waals surface area contributed by atoms with Crippen molar-refractivity contribution in [3.63, 3.8) is 0 Å². The smallest absolute Gasteiger partial charge is 0.328 e. The summed E-state index contributed by atoms with van der Waals surface area (Å²) in [5.74, 6) is -2.54. The summed E-state index contributed by atoms with van der Waals surface area (Å²) in [4.78, 5) is 70.9. The van der Waals surface area contributed by atoms with Gasteiger partial charge in [0, 0.05) is 27.8 Å². The summed E-state index contributed by atoms with van der Waals surface area (Å²) < 4.78 is 17.0. The van der Waals surface area contributed by atoms with E-state index in [2.05, 4.69) is 10.6 Å². The maximum atomic E-state index is 14.2. The molecule has 0 saturated carbocycles. The van der Waals surface area contributed by atoms with Gasteiger partial charge in [-0.1, -0.05) is 71.8 Å². The highest BCUT2D eigenvalue weighted by atomic mass is 16.5. The third kappa shape index (κ3) is 11.9. The van der Waals surface area contributed by atoms with Gasteiger partial charge in [-0.15, -0.1) is 0 Å². The van der Waals surface area contributed by atoms with Crippen LogP contribution in [0.25, 0.3) is 0 Å². The van der Waals surface area contributed by atoms with Crippen LogP contribution in [0.4, 0.5) is 0 Å². The highest BCUT2D eigenvalue weighted by molar-refractivity contribution is 5.92. The van der Waals surface area contributed by atoms with Gasteiger partial charge in [-0.25, -0.2) is 4.79 Å². The van der Waals surface area contributed by atoms with E-state index in [9.17, 15) is 24.0 Å². The van der Waals surface area contributed by atoms with Gasteiger partial charge in [0.05, 0.1) is 49.3 Å². The van der Waals surface area contributed by atoms with Gasteiger partial charge in [0.1, 0.15) is 12.1 Å². The number of methoxy groups -OCH3 is 3. The fraction of sp³-hybridized carbons (Fsp3) is 0.769. The van der Waals surface area contributed by atoms with E-state index >= 15 is 0 Å². The van der Waals surface area contributed by atoms with E-state index < -0.39 is 53.7 Å². The van der Waals surface area contributed by atoms with Crippen molar-refractivity contribution in [3.8, 4) is 0 Å². The lowest BCUT2D eigenvalue weighted by atomic mass is 9.86. The summed E-state index contributed by atoms with van der Waals surface area (Å²) in [6.07, 6.45) is 10.7. The molecule has 2 rings (SSSR count). The molecule has 0 aromatic heterocycles. The molecule has 13 heteroatoms. The van der Waals surface area contributed by atoms with E-state index in [0.29, 0.717) is 19.4 Å². The molecule has 1 heterocycles. The summed E-state index contributed by atoms with van der Waals surface area (Å²) in [6, 6.07) is -2.49. The van der Waals surface area contributed by atoms with Crippen LogP contribution in [-0.4, -0.2) is 116 Å². The third-order valence-corrected chi connectivity index (χ3v) is 10.8. The lowest BCUT2D eigenvalue weighted by Crippen LogP contribution is -2.60. The second-order valence-corrected chi connectivity index (χ2v) is 15.3. The molecular weight excluding hydrogens is 666 g/mol. The molecule has 4 amide bonds. The predicted octanol–water partition coefficient (Wildman–Crippen LogP) is 3.36. The van der Waals surface area contributed by atoms with Crippen LogP contribution < -0.4 is 16.4 Å². The number of nitrogens with zero attached hydrogens (tertiary/aromatic N) is 2. The summed E-state index contributed by atoms with van der Waals surface area (Å²) in [5, 5.41) is 5.74. The first kappa shape index (κ1) is 44.9. The number of likely N-dealkylation sites (N-methyl/N-ethyl adjacent to an activating group) is 1. The van der Waals surface area contributed by atoms with E-state index in [1.54, 1.807) is 44.7 Å². The van der Waals surface area contributed by atoms with Gasteiger partial charge in [-0.3, -0.25) is 19.2 Å². The Kier molecular flexibility index (Phi) is 18.0. The first-order valence-corrected chi connectivity index (χ1v) is 18.9. The molecular formula is C39H67N5O8. The zero-order valence-electron chi connectivity index (χ0n) is 33.5. The molecule has 1 aliphatic heterocycles. The Balaban J connectivity index is 2.29. The summed E-state index contributed by atoms with van der Waals surface area (Å²) in [7, 11) is 6.09. The summed E-state index contributed by atoms with van der Waals surface area (Å²) >= 11 is 0. The van der Waals surface area contributed by atoms with Crippen molar-refractivity contribution in [3.05, 3.63) is 24.3 Å². The van der Waals surface area contributed by atoms with E-state index in [1.807, 2.05) is 52.0 Å². The van der Waals surface area contributed by atoms with Crippen molar-refractivity contribution in [2.75, 3.05) is 34.9 Å². The topological polar surface area (TPSA) is 170 Å². The van der Waals surface area contributed by atoms with Crippen molar-refractivity contribution in [1.82, 2.24) is 20.4 Å². The number of hydrogen-bond donors (Lipinski definition) is 3. The standard InChI is InChI=1S/C39H67N5O8/c1-12-27(13-2)33(43(8)36(47)32(24(3)4)42-38(49)39(6,7)40)30(50-9)23-31(45)44-21-17-20-29(44)34(51-10)25(5)35(46)41-28(37(48)52-11)22-26-18-15-14-16-19-26/h14-16,18,24-30,32-34H,12-13,17,19-23,40H2,1-11H3,(H,41,46)(H,42,49)/t25-,26?,28+,29+,30-,32+,33+,34-/m1/s1. The number of esters is 1. The zero-order chi connectivity index (χ0) is 39.3. The quantitative estimate of drug-likeness (QED) is 0.159.